The van der Waals surface area contributed by atoms with Crippen LogP contribution in [0.15, 0.2) is 29.3 Å². The number of aliphatic imine (C=N–C) groups is 1. The smallest absolute Gasteiger partial charge is 0.191 e. The number of methoxy groups -OCH3 is 1. The summed E-state index contributed by atoms with van der Waals surface area (Å²) in [4.78, 5) is 9.99. The number of hydrogen-bond acceptors (Lipinski definition) is 5. The molecule has 0 radical (unpaired) electrons. The zero-order valence-electron chi connectivity index (χ0n) is 19.1. The summed E-state index contributed by atoms with van der Waals surface area (Å²) in [7, 11) is 1.71. The van der Waals surface area contributed by atoms with E-state index in [4.69, 9.17) is 14.5 Å². The van der Waals surface area contributed by atoms with Gasteiger partial charge >= 0.3 is 0 Å². The first-order valence-electron chi connectivity index (χ1n) is 11.5. The van der Waals surface area contributed by atoms with Crippen molar-refractivity contribution in [2.24, 2.45) is 4.99 Å². The van der Waals surface area contributed by atoms with Crippen LogP contribution in [0, 0.1) is 0 Å². The molecule has 2 aliphatic rings. The van der Waals surface area contributed by atoms with Gasteiger partial charge in [-0.25, -0.2) is 0 Å². The minimum Gasteiger partial charge on any atom is -0.497 e. The molecule has 2 fully saturated rings. The van der Waals surface area contributed by atoms with Gasteiger partial charge in [0.05, 0.1) is 32.9 Å². The molecule has 0 amide bonds. The number of benzene rings is 1. The molecule has 0 aromatic heterocycles. The Morgan fingerprint density at radius 2 is 1.81 bits per heavy atom. The maximum absolute atomic E-state index is 5.42. The Bertz CT molecular complexity index is 631. The number of morpholine rings is 1. The number of rotatable bonds is 10. The lowest BCUT2D eigenvalue weighted by molar-refractivity contribution is 0.0376. The standard InChI is InChI=1S/C23H39N5O2.HI/c1-3-24-23(25-11-6-12-27-15-17-30-18-16-27)26-19-22(28-13-4-5-14-28)20-7-9-21(29-2)10-8-20;/h7-10,22H,3-6,11-19H2,1-2H3,(H2,24,25,26);1H. The van der Waals surface area contributed by atoms with Crippen molar-refractivity contribution < 1.29 is 9.47 Å². The number of likely N-dealkylation sites (tertiary alicyclic amines) is 1. The lowest BCUT2D eigenvalue weighted by Gasteiger charge is -2.27. The molecule has 0 bridgehead atoms. The lowest BCUT2D eigenvalue weighted by atomic mass is 10.1. The largest absolute Gasteiger partial charge is 0.497 e. The fourth-order valence-electron chi connectivity index (χ4n) is 4.16. The first-order chi connectivity index (χ1) is 14.8. The van der Waals surface area contributed by atoms with Crippen molar-refractivity contribution >= 4 is 29.9 Å². The molecule has 1 aromatic rings. The van der Waals surface area contributed by atoms with Gasteiger partial charge in [-0.1, -0.05) is 12.1 Å². The van der Waals surface area contributed by atoms with Crippen molar-refractivity contribution in [3.05, 3.63) is 29.8 Å². The lowest BCUT2D eigenvalue weighted by Crippen LogP contribution is -2.41. The minimum absolute atomic E-state index is 0. The number of hydrogen-bond donors (Lipinski definition) is 2. The molecule has 2 aliphatic heterocycles. The van der Waals surface area contributed by atoms with Crippen LogP contribution in [0.25, 0.3) is 0 Å². The van der Waals surface area contributed by atoms with Crippen LogP contribution in [0.5, 0.6) is 5.75 Å². The maximum Gasteiger partial charge on any atom is 0.191 e. The van der Waals surface area contributed by atoms with Crippen LogP contribution in [-0.2, 0) is 4.74 Å². The van der Waals surface area contributed by atoms with E-state index >= 15 is 0 Å². The number of guanidine groups is 1. The van der Waals surface area contributed by atoms with Crippen molar-refractivity contribution in [3.8, 4) is 5.75 Å². The molecule has 8 heteroatoms. The Morgan fingerprint density at radius 1 is 1.10 bits per heavy atom. The second-order valence-electron chi connectivity index (χ2n) is 7.99. The summed E-state index contributed by atoms with van der Waals surface area (Å²) in [6.45, 7) is 11.9. The van der Waals surface area contributed by atoms with E-state index in [0.29, 0.717) is 6.04 Å². The molecule has 2 saturated heterocycles. The van der Waals surface area contributed by atoms with Gasteiger partial charge in [0.1, 0.15) is 5.75 Å². The Kier molecular flexibility index (Phi) is 12.5. The van der Waals surface area contributed by atoms with Gasteiger partial charge in [-0.05, 0) is 63.5 Å². The van der Waals surface area contributed by atoms with Crippen LogP contribution >= 0.6 is 24.0 Å². The molecule has 1 unspecified atom stereocenters. The summed E-state index contributed by atoms with van der Waals surface area (Å²) >= 11 is 0. The van der Waals surface area contributed by atoms with Gasteiger partial charge in [-0.2, -0.15) is 0 Å². The predicted octanol–water partition coefficient (Wildman–Crippen LogP) is 2.73. The highest BCUT2D eigenvalue weighted by atomic mass is 127. The maximum atomic E-state index is 5.42. The summed E-state index contributed by atoms with van der Waals surface area (Å²) in [5.41, 5.74) is 1.31. The van der Waals surface area contributed by atoms with E-state index in [1.165, 1.54) is 18.4 Å². The van der Waals surface area contributed by atoms with Crippen LogP contribution in [0.3, 0.4) is 0 Å². The van der Waals surface area contributed by atoms with E-state index in [0.717, 1.165) is 83.7 Å². The van der Waals surface area contributed by atoms with Crippen LogP contribution in [0.2, 0.25) is 0 Å². The topological polar surface area (TPSA) is 61.4 Å². The zero-order chi connectivity index (χ0) is 21.0. The summed E-state index contributed by atoms with van der Waals surface area (Å²) in [6.07, 6.45) is 3.66. The summed E-state index contributed by atoms with van der Waals surface area (Å²) in [6, 6.07) is 8.77. The second-order valence-corrected chi connectivity index (χ2v) is 7.99. The highest BCUT2D eigenvalue weighted by molar-refractivity contribution is 14.0. The Labute approximate surface area is 205 Å². The van der Waals surface area contributed by atoms with Gasteiger partial charge in [-0.3, -0.25) is 14.8 Å². The van der Waals surface area contributed by atoms with E-state index in [9.17, 15) is 0 Å². The quantitative estimate of drug-likeness (QED) is 0.204. The molecule has 31 heavy (non-hydrogen) atoms. The third-order valence-electron chi connectivity index (χ3n) is 5.90. The molecule has 0 spiro atoms. The summed E-state index contributed by atoms with van der Waals surface area (Å²) < 4.78 is 10.8. The van der Waals surface area contributed by atoms with Crippen molar-refractivity contribution in [1.29, 1.82) is 0 Å². The molecule has 7 nitrogen and oxygen atoms in total. The van der Waals surface area contributed by atoms with Crippen molar-refractivity contribution in [2.75, 3.05) is 72.7 Å². The van der Waals surface area contributed by atoms with Crippen molar-refractivity contribution in [1.82, 2.24) is 20.4 Å². The van der Waals surface area contributed by atoms with Crippen molar-refractivity contribution in [2.45, 2.75) is 32.2 Å². The Hall–Kier alpha value is -1.10. The highest BCUT2D eigenvalue weighted by Crippen LogP contribution is 2.27. The molecule has 0 aliphatic carbocycles. The third kappa shape index (κ3) is 8.75. The predicted molar refractivity (Wildman–Crippen MR) is 138 cm³/mol. The number of ether oxygens (including phenoxy) is 2. The second kappa shape index (κ2) is 14.9. The van der Waals surface area contributed by atoms with Gasteiger partial charge in [0.25, 0.3) is 0 Å². The first kappa shape index (κ1) is 26.2. The van der Waals surface area contributed by atoms with E-state index < -0.39 is 0 Å². The summed E-state index contributed by atoms with van der Waals surface area (Å²) in [5.74, 6) is 1.81. The number of nitrogens with zero attached hydrogens (tertiary/aromatic N) is 3. The monoisotopic (exact) mass is 545 g/mol. The molecule has 1 atom stereocenters. The Morgan fingerprint density at radius 3 is 2.45 bits per heavy atom. The number of nitrogens with one attached hydrogen (secondary N) is 2. The first-order valence-corrected chi connectivity index (χ1v) is 11.5. The molecule has 2 N–H and O–H groups in total. The number of halogens is 1. The molecule has 1 aromatic carbocycles. The summed E-state index contributed by atoms with van der Waals surface area (Å²) in [5, 5.41) is 6.92. The fraction of sp³-hybridized carbons (Fsp3) is 0.696. The van der Waals surface area contributed by atoms with Crippen molar-refractivity contribution in [3.63, 3.8) is 0 Å². The normalized spacial score (nSPS) is 19.0. The highest BCUT2D eigenvalue weighted by Gasteiger charge is 2.23. The van der Waals surface area contributed by atoms with E-state index in [2.05, 4.69) is 51.6 Å². The van der Waals surface area contributed by atoms with Gasteiger partial charge < -0.3 is 20.1 Å². The molecular formula is C23H40IN5O2. The van der Waals surface area contributed by atoms with Crippen LogP contribution in [-0.4, -0.2) is 88.4 Å². The zero-order valence-corrected chi connectivity index (χ0v) is 21.5. The van der Waals surface area contributed by atoms with E-state index in [1.807, 2.05) is 0 Å². The van der Waals surface area contributed by atoms with Crippen LogP contribution < -0.4 is 15.4 Å². The van der Waals surface area contributed by atoms with E-state index in [1.54, 1.807) is 7.11 Å². The Balaban J connectivity index is 0.00000341. The third-order valence-corrected chi connectivity index (χ3v) is 5.90. The van der Waals surface area contributed by atoms with Gasteiger partial charge in [0, 0.05) is 26.2 Å². The van der Waals surface area contributed by atoms with E-state index in [-0.39, 0.29) is 24.0 Å². The van der Waals surface area contributed by atoms with Gasteiger partial charge in [-0.15, -0.1) is 24.0 Å². The fourth-order valence-corrected chi connectivity index (χ4v) is 4.16. The average molecular weight is 546 g/mol. The molecule has 3 rings (SSSR count). The van der Waals surface area contributed by atoms with Crippen LogP contribution in [0.1, 0.15) is 37.8 Å². The average Bonchev–Trinajstić information content (AvgIpc) is 3.32. The molecule has 176 valence electrons. The molecule has 0 saturated carbocycles. The van der Waals surface area contributed by atoms with Gasteiger partial charge in [0.15, 0.2) is 5.96 Å². The van der Waals surface area contributed by atoms with Crippen LogP contribution in [0.4, 0.5) is 0 Å². The minimum atomic E-state index is 0. The SMILES string of the molecule is CCNC(=NCC(c1ccc(OC)cc1)N1CCCC1)NCCCN1CCOCC1.I. The molecule has 2 heterocycles. The van der Waals surface area contributed by atoms with Gasteiger partial charge in [0.2, 0.25) is 0 Å². The molecular weight excluding hydrogens is 505 g/mol.